The van der Waals surface area contributed by atoms with Gasteiger partial charge in [0.1, 0.15) is 5.69 Å². The molecule has 0 unspecified atom stereocenters. The van der Waals surface area contributed by atoms with Gasteiger partial charge in [0.25, 0.3) is 0 Å². The van der Waals surface area contributed by atoms with Gasteiger partial charge in [-0.3, -0.25) is 4.79 Å². The van der Waals surface area contributed by atoms with Crippen molar-refractivity contribution in [2.75, 3.05) is 0 Å². The van der Waals surface area contributed by atoms with Gasteiger partial charge in [0.05, 0.1) is 6.20 Å². The first kappa shape index (κ1) is 11.4. The van der Waals surface area contributed by atoms with Gasteiger partial charge in [-0.15, -0.1) is 0 Å². The van der Waals surface area contributed by atoms with Gasteiger partial charge in [0, 0.05) is 0 Å². The number of aromatic amines is 1. The van der Waals surface area contributed by atoms with E-state index in [0.29, 0.717) is 12.0 Å². The Morgan fingerprint density at radius 1 is 1.58 bits per heavy atom. The van der Waals surface area contributed by atoms with Gasteiger partial charge in [-0.1, -0.05) is 0 Å². The minimum Gasteiger partial charge on any atom is -0.435 e. The number of rotatable bonds is 3. The summed E-state index contributed by atoms with van der Waals surface area (Å²) in [5.74, 6) is 0. The molecule has 1 rings (SSSR count). The van der Waals surface area contributed by atoms with E-state index in [-0.39, 0.29) is 10.0 Å². The average molecular weight is 213 g/mol. The van der Waals surface area contributed by atoms with Crippen LogP contribution in [-0.2, 0) is 8.23 Å². The molecule has 0 saturated carbocycles. The van der Waals surface area contributed by atoms with Crippen molar-refractivity contribution in [2.45, 2.75) is 0 Å². The van der Waals surface area contributed by atoms with Crippen molar-refractivity contribution in [3.05, 3.63) is 11.9 Å². The van der Waals surface area contributed by atoms with E-state index in [0.717, 1.165) is 0 Å². The number of carbonyl (C=O) groups is 1. The highest BCUT2D eigenvalue weighted by Gasteiger charge is 1.85. The quantitative estimate of drug-likeness (QED) is 0.480. The molecule has 1 aromatic rings. The van der Waals surface area contributed by atoms with E-state index in [4.69, 9.17) is 0 Å². The Morgan fingerprint density at radius 2 is 2.25 bits per heavy atom. The first-order chi connectivity index (χ1) is 5.85. The van der Waals surface area contributed by atoms with Crippen LogP contribution in [0.1, 0.15) is 10.5 Å². The number of hydrogen-bond acceptors (Lipinski definition) is 5. The molecule has 0 saturated heterocycles. The minimum absolute atomic E-state index is 0.0247. The molecule has 0 bridgehead atoms. The Kier molecular flexibility index (Phi) is 8.04. The molecule has 0 spiro atoms. The predicted molar refractivity (Wildman–Crippen MR) is 41.2 cm³/mol. The second-order valence-corrected chi connectivity index (χ2v) is 3.10. The Labute approximate surface area is 78.2 Å². The number of carbonyl (C=O) groups excluding carboxylic acids is 1. The average Bonchev–Trinajstić information content (AvgIpc) is 2.58. The molecule has 60 valence electrons. The molecule has 0 amide bonds. The molecule has 6 nitrogen and oxygen atoms in total. The van der Waals surface area contributed by atoms with Crippen molar-refractivity contribution in [1.82, 2.24) is 15.4 Å². The molecule has 1 aromatic heterocycles. The Morgan fingerprint density at radius 3 is 2.42 bits per heavy atom. The van der Waals surface area contributed by atoms with Crippen LogP contribution in [0, 0.1) is 0 Å². The van der Waals surface area contributed by atoms with Crippen LogP contribution in [0.5, 0.6) is 0 Å². The van der Waals surface area contributed by atoms with Gasteiger partial charge >= 0.3 is 10.0 Å². The molecular formula is C3H3N3O3Si3. The number of aromatic nitrogens is 3. The summed E-state index contributed by atoms with van der Waals surface area (Å²) >= 11 is 0. The molecule has 0 fully saturated rings. The molecule has 0 aromatic carbocycles. The van der Waals surface area contributed by atoms with Crippen LogP contribution >= 0.6 is 0 Å². The van der Waals surface area contributed by atoms with E-state index in [2.05, 4.69) is 44.6 Å². The fourth-order valence-corrected chi connectivity index (χ4v) is 0.830. The fourth-order valence-electron chi connectivity index (χ4n) is 0.288. The Balaban J connectivity index is 0.000000217. The lowest BCUT2D eigenvalue weighted by Gasteiger charge is -1.82. The SMILES string of the molecule is O=Cc1cn[nH]n1.[Si]O[Si]O[Si]. The second-order valence-electron chi connectivity index (χ2n) is 1.30. The highest BCUT2D eigenvalue weighted by Crippen LogP contribution is 1.76. The lowest BCUT2D eigenvalue weighted by Crippen LogP contribution is -1.96. The lowest BCUT2D eigenvalue weighted by atomic mass is 10.6. The minimum atomic E-state index is 0.0247. The third kappa shape index (κ3) is 6.11. The van der Waals surface area contributed by atoms with E-state index in [1.165, 1.54) is 6.20 Å². The van der Waals surface area contributed by atoms with Crippen LogP contribution < -0.4 is 0 Å². The number of nitrogens with one attached hydrogen (secondary N) is 1. The summed E-state index contributed by atoms with van der Waals surface area (Å²) in [5, 5.41) is 9.11. The van der Waals surface area contributed by atoms with E-state index in [1.807, 2.05) is 0 Å². The Hall–Kier alpha value is -0.619. The number of nitrogens with zero attached hydrogens (tertiary/aromatic N) is 2. The smallest absolute Gasteiger partial charge is 0.409 e. The molecule has 12 heavy (non-hydrogen) atoms. The van der Waals surface area contributed by atoms with Crippen molar-refractivity contribution in [1.29, 1.82) is 0 Å². The van der Waals surface area contributed by atoms with Crippen molar-refractivity contribution in [2.24, 2.45) is 0 Å². The van der Waals surface area contributed by atoms with Crippen molar-refractivity contribution >= 4 is 37.3 Å². The maximum atomic E-state index is 9.75. The molecule has 0 atom stereocenters. The molecule has 8 radical (unpaired) electrons. The highest BCUT2D eigenvalue weighted by atomic mass is 28.3. The molecular weight excluding hydrogens is 210 g/mol. The molecule has 1 N–H and O–H groups in total. The zero-order valence-electron chi connectivity index (χ0n) is 5.77. The summed E-state index contributed by atoms with van der Waals surface area (Å²) in [4.78, 5) is 9.75. The van der Waals surface area contributed by atoms with Crippen LogP contribution in [0.4, 0.5) is 0 Å². The maximum absolute atomic E-state index is 9.75. The zero-order chi connectivity index (χ0) is 9.23. The van der Waals surface area contributed by atoms with Crippen molar-refractivity contribution in [3.63, 3.8) is 0 Å². The van der Waals surface area contributed by atoms with Crippen molar-refractivity contribution < 1.29 is 13.0 Å². The monoisotopic (exact) mass is 213 g/mol. The summed E-state index contributed by atoms with van der Waals surface area (Å²) in [6.45, 7) is 0. The summed E-state index contributed by atoms with van der Waals surface area (Å²) in [5.41, 5.74) is 0.333. The van der Waals surface area contributed by atoms with Crippen LogP contribution in [0.3, 0.4) is 0 Å². The van der Waals surface area contributed by atoms with Crippen LogP contribution in [0.25, 0.3) is 0 Å². The van der Waals surface area contributed by atoms with Gasteiger partial charge in [0.15, 0.2) is 6.29 Å². The van der Waals surface area contributed by atoms with Gasteiger partial charge in [-0.05, 0) is 0 Å². The van der Waals surface area contributed by atoms with Crippen LogP contribution in [0.2, 0.25) is 0 Å². The van der Waals surface area contributed by atoms with E-state index in [1.54, 1.807) is 0 Å². The second kappa shape index (κ2) is 8.48. The summed E-state index contributed by atoms with van der Waals surface area (Å²) in [6.07, 6.45) is 1.98. The van der Waals surface area contributed by atoms with Crippen molar-refractivity contribution in [3.8, 4) is 0 Å². The molecule has 0 aliphatic rings. The first-order valence-corrected chi connectivity index (χ1v) is 4.19. The molecule has 1 heterocycles. The van der Waals surface area contributed by atoms with Gasteiger partial charge in [-0.25, -0.2) is 0 Å². The molecule has 9 heteroatoms. The lowest BCUT2D eigenvalue weighted by molar-refractivity contribution is 0.111. The van der Waals surface area contributed by atoms with Gasteiger partial charge in [0.2, 0.25) is 21.0 Å². The first-order valence-electron chi connectivity index (χ1n) is 2.56. The largest absolute Gasteiger partial charge is 0.435 e. The fraction of sp³-hybridized carbons (Fsp3) is 0. The number of hydrogen-bond donors (Lipinski definition) is 1. The number of H-pyrrole nitrogens is 1. The third-order valence-corrected chi connectivity index (χ3v) is 1.30. The summed E-state index contributed by atoms with van der Waals surface area (Å²) in [7, 11) is 5.44. The van der Waals surface area contributed by atoms with E-state index < -0.39 is 0 Å². The zero-order valence-corrected chi connectivity index (χ0v) is 8.77. The van der Waals surface area contributed by atoms with Crippen LogP contribution in [-0.4, -0.2) is 52.7 Å². The Bertz CT molecular complexity index is 192. The van der Waals surface area contributed by atoms with E-state index in [9.17, 15) is 4.79 Å². The maximum Gasteiger partial charge on any atom is 0.409 e. The van der Waals surface area contributed by atoms with Gasteiger partial charge < -0.3 is 8.23 Å². The van der Waals surface area contributed by atoms with Gasteiger partial charge in [-0.2, -0.15) is 15.4 Å². The number of aldehydes is 1. The summed E-state index contributed by atoms with van der Waals surface area (Å²) < 4.78 is 8.51. The van der Waals surface area contributed by atoms with E-state index >= 15 is 0 Å². The molecule has 0 aliphatic carbocycles. The normalized spacial score (nSPS) is 8.50. The standard InChI is InChI=1S/C3H3N3O.O2Si3/c7-2-3-1-4-6-5-3;3-1-5-2-4/h1-2H,(H,4,5,6);. The predicted octanol–water partition coefficient (Wildman–Crippen LogP) is -1.66. The highest BCUT2D eigenvalue weighted by molar-refractivity contribution is 6.33. The summed E-state index contributed by atoms with van der Waals surface area (Å²) in [6, 6.07) is 0. The molecule has 0 aliphatic heterocycles. The topological polar surface area (TPSA) is 77.1 Å². The third-order valence-electron chi connectivity index (χ3n) is 0.638. The van der Waals surface area contributed by atoms with Crippen LogP contribution in [0.15, 0.2) is 6.20 Å².